The number of piperidine rings is 1. The molecule has 2 aromatic heterocycles. The van der Waals surface area contributed by atoms with Crippen molar-refractivity contribution in [2.45, 2.75) is 18.9 Å². The number of nitrogens with one attached hydrogen (secondary N) is 2. The van der Waals surface area contributed by atoms with Gasteiger partial charge in [-0.2, -0.15) is 10.2 Å². The second kappa shape index (κ2) is 9.61. The summed E-state index contributed by atoms with van der Waals surface area (Å²) in [4.78, 5) is 15.1. The number of hydrazine groups is 1. The summed E-state index contributed by atoms with van der Waals surface area (Å²) in [6.07, 6.45) is 7.31. The van der Waals surface area contributed by atoms with Crippen LogP contribution in [0.1, 0.15) is 34.9 Å². The number of aromatic nitrogens is 4. The van der Waals surface area contributed by atoms with Crippen molar-refractivity contribution in [3.63, 3.8) is 0 Å². The zero-order valence-electron chi connectivity index (χ0n) is 19.6. The Morgan fingerprint density at radius 2 is 1.91 bits per heavy atom. The molecule has 1 amide bonds. The van der Waals surface area contributed by atoms with Gasteiger partial charge in [-0.05, 0) is 63.3 Å². The molecule has 6 N–H and O–H groups in total. The van der Waals surface area contributed by atoms with Gasteiger partial charge in [0.05, 0.1) is 34.8 Å². The van der Waals surface area contributed by atoms with E-state index >= 15 is 0 Å². The number of hydrogen-bond acceptors (Lipinski definition) is 7. The summed E-state index contributed by atoms with van der Waals surface area (Å²) in [6.45, 7) is 2.10. The highest BCUT2D eigenvalue weighted by atomic mass is 16.1. The molecular weight excluding hydrogens is 442 g/mol. The number of fused-ring (bicyclic) bond motifs is 1. The number of nitrogens with zero attached hydrogens (tertiary/aromatic N) is 5. The molecule has 0 unspecified atom stereocenters. The maximum atomic E-state index is 12.7. The van der Waals surface area contributed by atoms with Crippen LogP contribution in [0.5, 0.6) is 0 Å². The van der Waals surface area contributed by atoms with Crippen molar-refractivity contribution in [3.05, 3.63) is 78.4 Å². The summed E-state index contributed by atoms with van der Waals surface area (Å²) < 4.78 is 1.96. The number of carbonyl (C=O) groups is 1. The molecule has 0 radical (unpaired) electrons. The van der Waals surface area contributed by atoms with Gasteiger partial charge in [-0.15, -0.1) is 0 Å². The number of para-hydroxylation sites is 1. The molecule has 1 aliphatic heterocycles. The number of rotatable bonds is 6. The van der Waals surface area contributed by atoms with Crippen LogP contribution < -0.4 is 21.9 Å². The van der Waals surface area contributed by atoms with E-state index in [0.29, 0.717) is 34.4 Å². The van der Waals surface area contributed by atoms with Crippen LogP contribution >= 0.6 is 0 Å². The lowest BCUT2D eigenvalue weighted by Gasteiger charge is -2.28. The highest BCUT2D eigenvalue weighted by Gasteiger charge is 2.19. The van der Waals surface area contributed by atoms with Gasteiger partial charge in [-0.1, -0.05) is 18.2 Å². The molecule has 3 heterocycles. The largest absolute Gasteiger partial charge is 0.396 e. The van der Waals surface area contributed by atoms with Crippen molar-refractivity contribution in [1.82, 2.24) is 24.9 Å². The summed E-state index contributed by atoms with van der Waals surface area (Å²) in [5.74, 6) is 6.00. The van der Waals surface area contributed by atoms with Gasteiger partial charge in [0.15, 0.2) is 0 Å². The van der Waals surface area contributed by atoms with Crippen LogP contribution in [0.25, 0.3) is 16.6 Å². The predicted octanol–water partition coefficient (Wildman–Crippen LogP) is 2.92. The van der Waals surface area contributed by atoms with E-state index in [2.05, 4.69) is 32.6 Å². The van der Waals surface area contributed by atoms with Crippen molar-refractivity contribution in [3.8, 4) is 0 Å². The van der Waals surface area contributed by atoms with E-state index in [0.717, 1.165) is 36.8 Å². The molecular formula is C25H29N9O. The lowest BCUT2D eigenvalue weighted by atomic mass is 10.1. The third-order valence-electron chi connectivity index (χ3n) is 6.37. The lowest BCUT2D eigenvalue weighted by molar-refractivity contribution is 0.102. The van der Waals surface area contributed by atoms with E-state index in [1.165, 1.54) is 5.01 Å². The quantitative estimate of drug-likeness (QED) is 0.251. The van der Waals surface area contributed by atoms with Gasteiger partial charge in [0.2, 0.25) is 0 Å². The molecule has 1 fully saturated rings. The molecule has 35 heavy (non-hydrogen) atoms. The van der Waals surface area contributed by atoms with Gasteiger partial charge in [0, 0.05) is 23.3 Å². The van der Waals surface area contributed by atoms with E-state index < -0.39 is 0 Å². The number of likely N-dealkylation sites (tertiary alicyclic amines) is 1. The Kier molecular flexibility index (Phi) is 6.21. The van der Waals surface area contributed by atoms with Crippen molar-refractivity contribution < 1.29 is 4.79 Å². The number of carbonyl (C=O) groups excluding carboxylic acids is 1. The fraction of sp³-hybridized carbons (Fsp3) is 0.240. The van der Waals surface area contributed by atoms with Gasteiger partial charge >= 0.3 is 0 Å². The molecule has 180 valence electrons. The average Bonchev–Trinajstić information content (AvgIpc) is 3.52. The highest BCUT2D eigenvalue weighted by Crippen LogP contribution is 2.23. The van der Waals surface area contributed by atoms with Crippen LogP contribution in [-0.4, -0.2) is 50.9 Å². The van der Waals surface area contributed by atoms with Crippen LogP contribution in [0.15, 0.2) is 67.1 Å². The molecule has 1 saturated heterocycles. The predicted molar refractivity (Wildman–Crippen MR) is 137 cm³/mol. The first-order valence-corrected chi connectivity index (χ1v) is 11.6. The Balaban J connectivity index is 1.23. The lowest BCUT2D eigenvalue weighted by Crippen LogP contribution is -2.31. The van der Waals surface area contributed by atoms with E-state index in [1.807, 2.05) is 35.1 Å². The second-order valence-electron chi connectivity index (χ2n) is 8.85. The third kappa shape index (κ3) is 4.88. The molecule has 10 heteroatoms. The van der Waals surface area contributed by atoms with Crippen LogP contribution in [-0.2, 0) is 0 Å². The Morgan fingerprint density at radius 3 is 2.69 bits per heavy atom. The number of hydrogen-bond donors (Lipinski definition) is 4. The van der Waals surface area contributed by atoms with E-state index in [-0.39, 0.29) is 5.91 Å². The molecule has 0 spiro atoms. The highest BCUT2D eigenvalue weighted by molar-refractivity contribution is 6.04. The maximum absolute atomic E-state index is 12.7. The minimum Gasteiger partial charge on any atom is -0.396 e. The van der Waals surface area contributed by atoms with E-state index in [1.54, 1.807) is 36.7 Å². The van der Waals surface area contributed by atoms with Gasteiger partial charge in [0.1, 0.15) is 5.69 Å². The molecule has 1 aliphatic rings. The standard InChI is InChI=1S/C25H29N9O/c1-32-12-10-20(11-13-32)34-15-18(14-28-34)29-25(35)17-6-8-19(9-7-17)33(27)16-22(26)24-21-4-2-3-5-23(21)30-31-24/h2-9,14-16,20H,10-13,26-27H2,1H3,(H,29,35)(H,30,31)/b22-16-. The normalized spacial score (nSPS) is 15.4. The SMILES string of the molecule is CN1CCC(n2cc(NC(=O)c3ccc(N(N)/C=C(\N)c4n[nH]c5ccccc45)cc3)cn2)CC1. The topological polar surface area (TPSA) is 134 Å². The summed E-state index contributed by atoms with van der Waals surface area (Å²) in [6, 6.07) is 15.1. The smallest absolute Gasteiger partial charge is 0.255 e. The van der Waals surface area contributed by atoms with Crippen LogP contribution in [0, 0.1) is 0 Å². The van der Waals surface area contributed by atoms with E-state index in [4.69, 9.17) is 11.6 Å². The monoisotopic (exact) mass is 471 g/mol. The van der Waals surface area contributed by atoms with Crippen LogP contribution in [0.2, 0.25) is 0 Å². The third-order valence-corrected chi connectivity index (χ3v) is 6.37. The second-order valence-corrected chi connectivity index (χ2v) is 8.85. The Labute approximate surface area is 203 Å². The molecule has 0 atom stereocenters. The van der Waals surface area contributed by atoms with Gasteiger partial charge in [0.25, 0.3) is 5.91 Å². The average molecular weight is 472 g/mol. The Hall–Kier alpha value is -4.15. The fourth-order valence-corrected chi connectivity index (χ4v) is 4.32. The number of anilines is 2. The molecule has 5 rings (SSSR count). The summed E-state index contributed by atoms with van der Waals surface area (Å²) in [5.41, 5.74) is 10.1. The van der Waals surface area contributed by atoms with Gasteiger partial charge in [-0.3, -0.25) is 19.6 Å². The van der Waals surface area contributed by atoms with Crippen LogP contribution in [0.3, 0.4) is 0 Å². The minimum atomic E-state index is -0.207. The number of nitrogens with two attached hydrogens (primary N) is 2. The van der Waals surface area contributed by atoms with Gasteiger partial charge < -0.3 is 16.0 Å². The van der Waals surface area contributed by atoms with Crippen LogP contribution in [0.4, 0.5) is 11.4 Å². The first kappa shape index (κ1) is 22.6. The van der Waals surface area contributed by atoms with Crippen molar-refractivity contribution in [2.75, 3.05) is 30.5 Å². The van der Waals surface area contributed by atoms with E-state index in [9.17, 15) is 4.79 Å². The summed E-state index contributed by atoms with van der Waals surface area (Å²) in [7, 11) is 2.13. The number of H-pyrrole nitrogens is 1. The first-order chi connectivity index (χ1) is 17.0. The number of aromatic amines is 1. The fourth-order valence-electron chi connectivity index (χ4n) is 4.32. The maximum Gasteiger partial charge on any atom is 0.255 e. The molecule has 4 aromatic rings. The van der Waals surface area contributed by atoms with Crippen molar-refractivity contribution >= 4 is 33.9 Å². The number of amides is 1. The molecule has 0 aliphatic carbocycles. The zero-order valence-corrected chi connectivity index (χ0v) is 19.6. The summed E-state index contributed by atoms with van der Waals surface area (Å²) >= 11 is 0. The summed E-state index contributed by atoms with van der Waals surface area (Å²) in [5, 5.41) is 17.0. The molecule has 0 bridgehead atoms. The minimum absolute atomic E-state index is 0.207. The van der Waals surface area contributed by atoms with Crippen molar-refractivity contribution in [1.29, 1.82) is 0 Å². The van der Waals surface area contributed by atoms with Crippen molar-refractivity contribution in [2.24, 2.45) is 11.6 Å². The Morgan fingerprint density at radius 1 is 1.17 bits per heavy atom. The first-order valence-electron chi connectivity index (χ1n) is 11.6. The zero-order chi connectivity index (χ0) is 24.4. The Bertz CT molecular complexity index is 1350. The van der Waals surface area contributed by atoms with Gasteiger partial charge in [-0.25, -0.2) is 5.84 Å². The molecule has 0 saturated carbocycles. The molecule has 10 nitrogen and oxygen atoms in total. The molecule has 2 aromatic carbocycles. The number of benzene rings is 2.